The SMILES string of the molecule is CC1CC2CCCCC2N1C(=O)c1cnc(C(=O)O)cn1. The Morgan fingerprint density at radius 1 is 1.19 bits per heavy atom. The van der Waals surface area contributed by atoms with Crippen LogP contribution in [0.3, 0.4) is 0 Å². The summed E-state index contributed by atoms with van der Waals surface area (Å²) in [6.07, 6.45) is 8.15. The first-order valence-corrected chi connectivity index (χ1v) is 7.46. The molecule has 3 rings (SSSR count). The van der Waals surface area contributed by atoms with Gasteiger partial charge in [0.2, 0.25) is 0 Å². The minimum atomic E-state index is -1.14. The van der Waals surface area contributed by atoms with E-state index in [1.54, 1.807) is 0 Å². The van der Waals surface area contributed by atoms with Gasteiger partial charge >= 0.3 is 5.97 Å². The van der Waals surface area contributed by atoms with Crippen LogP contribution in [0.1, 0.15) is 60.0 Å². The number of aromatic carboxylic acids is 1. The van der Waals surface area contributed by atoms with Gasteiger partial charge in [0.05, 0.1) is 12.4 Å². The smallest absolute Gasteiger partial charge is 0.356 e. The quantitative estimate of drug-likeness (QED) is 0.900. The van der Waals surface area contributed by atoms with E-state index < -0.39 is 5.97 Å². The lowest BCUT2D eigenvalue weighted by Crippen LogP contribution is -2.42. The maximum Gasteiger partial charge on any atom is 0.356 e. The highest BCUT2D eigenvalue weighted by atomic mass is 16.4. The molecule has 0 bridgehead atoms. The molecule has 2 fully saturated rings. The molecule has 2 aliphatic rings. The second-order valence-corrected chi connectivity index (χ2v) is 6.00. The van der Waals surface area contributed by atoms with Gasteiger partial charge in [-0.15, -0.1) is 0 Å². The summed E-state index contributed by atoms with van der Waals surface area (Å²) in [7, 11) is 0. The third-order valence-corrected chi connectivity index (χ3v) is 4.67. The van der Waals surface area contributed by atoms with Gasteiger partial charge in [0, 0.05) is 12.1 Å². The molecule has 2 heterocycles. The first kappa shape index (κ1) is 14.0. The van der Waals surface area contributed by atoms with E-state index in [1.165, 1.54) is 25.5 Å². The first-order valence-electron chi connectivity index (χ1n) is 7.46. The van der Waals surface area contributed by atoms with E-state index >= 15 is 0 Å². The van der Waals surface area contributed by atoms with Gasteiger partial charge in [-0.1, -0.05) is 12.8 Å². The Labute approximate surface area is 123 Å². The predicted molar refractivity (Wildman–Crippen MR) is 75.0 cm³/mol. The zero-order valence-corrected chi connectivity index (χ0v) is 12.0. The van der Waals surface area contributed by atoms with E-state index in [1.807, 2.05) is 4.90 Å². The van der Waals surface area contributed by atoms with E-state index in [-0.39, 0.29) is 23.3 Å². The number of carboxylic acid groups (broad SMARTS) is 1. The third-order valence-electron chi connectivity index (χ3n) is 4.67. The molecular weight excluding hydrogens is 270 g/mol. The lowest BCUT2D eigenvalue weighted by Gasteiger charge is -2.33. The molecule has 1 amide bonds. The maximum atomic E-state index is 12.7. The summed E-state index contributed by atoms with van der Waals surface area (Å²) in [6.45, 7) is 2.08. The molecule has 3 atom stereocenters. The van der Waals surface area contributed by atoms with Gasteiger partial charge in [-0.3, -0.25) is 4.79 Å². The number of carbonyl (C=O) groups is 2. The molecule has 21 heavy (non-hydrogen) atoms. The monoisotopic (exact) mass is 289 g/mol. The van der Waals surface area contributed by atoms with Crippen molar-refractivity contribution < 1.29 is 14.7 Å². The molecule has 1 saturated carbocycles. The standard InChI is InChI=1S/C15H19N3O3/c1-9-6-10-4-2-3-5-13(10)18(9)14(19)11-7-17-12(8-16-11)15(20)21/h7-10,13H,2-6H2,1H3,(H,20,21). The second kappa shape index (κ2) is 5.42. The number of amides is 1. The number of fused-ring (bicyclic) bond motifs is 1. The summed E-state index contributed by atoms with van der Waals surface area (Å²) in [4.78, 5) is 33.2. The average Bonchev–Trinajstić information content (AvgIpc) is 2.82. The van der Waals surface area contributed by atoms with Crippen LogP contribution >= 0.6 is 0 Å². The molecule has 3 unspecified atom stereocenters. The highest BCUT2D eigenvalue weighted by Crippen LogP contribution is 2.40. The van der Waals surface area contributed by atoms with Crippen molar-refractivity contribution in [2.45, 2.75) is 51.1 Å². The van der Waals surface area contributed by atoms with Crippen molar-refractivity contribution in [2.75, 3.05) is 0 Å². The molecule has 1 aromatic rings. The van der Waals surface area contributed by atoms with Crippen molar-refractivity contribution in [1.29, 1.82) is 0 Å². The summed E-state index contributed by atoms with van der Waals surface area (Å²) in [5, 5.41) is 8.82. The van der Waals surface area contributed by atoms with Crippen LogP contribution in [0.2, 0.25) is 0 Å². The first-order chi connectivity index (χ1) is 10.1. The van der Waals surface area contributed by atoms with E-state index in [9.17, 15) is 9.59 Å². The Balaban J connectivity index is 1.82. The molecular formula is C15H19N3O3. The lowest BCUT2D eigenvalue weighted by molar-refractivity contribution is 0.0622. The number of nitrogens with zero attached hydrogens (tertiary/aromatic N) is 3. The van der Waals surface area contributed by atoms with Crippen molar-refractivity contribution in [3.63, 3.8) is 0 Å². The lowest BCUT2D eigenvalue weighted by atomic mass is 9.85. The number of likely N-dealkylation sites (tertiary alicyclic amines) is 1. The minimum Gasteiger partial charge on any atom is -0.476 e. The molecule has 1 N–H and O–H groups in total. The van der Waals surface area contributed by atoms with E-state index in [2.05, 4.69) is 16.9 Å². The highest BCUT2D eigenvalue weighted by molar-refractivity contribution is 5.93. The maximum absolute atomic E-state index is 12.7. The molecule has 112 valence electrons. The van der Waals surface area contributed by atoms with Crippen LogP contribution in [0.25, 0.3) is 0 Å². The van der Waals surface area contributed by atoms with Crippen molar-refractivity contribution >= 4 is 11.9 Å². The van der Waals surface area contributed by atoms with E-state index in [4.69, 9.17) is 5.11 Å². The molecule has 0 radical (unpaired) electrons. The molecule has 6 nitrogen and oxygen atoms in total. The summed E-state index contributed by atoms with van der Waals surface area (Å²) < 4.78 is 0. The number of hydrogen-bond acceptors (Lipinski definition) is 4. The molecule has 1 aliphatic heterocycles. The van der Waals surface area contributed by atoms with Crippen LogP contribution in [0.5, 0.6) is 0 Å². The number of rotatable bonds is 2. The van der Waals surface area contributed by atoms with Gasteiger partial charge in [0.15, 0.2) is 5.69 Å². The van der Waals surface area contributed by atoms with Gasteiger partial charge in [-0.05, 0) is 32.1 Å². The Morgan fingerprint density at radius 3 is 2.52 bits per heavy atom. The fourth-order valence-corrected chi connectivity index (χ4v) is 3.74. The molecule has 6 heteroatoms. The summed E-state index contributed by atoms with van der Waals surface area (Å²) in [5.41, 5.74) is 0.0923. The Morgan fingerprint density at radius 2 is 1.86 bits per heavy atom. The molecule has 1 aromatic heterocycles. The molecule has 0 aromatic carbocycles. The molecule has 0 spiro atoms. The van der Waals surface area contributed by atoms with Crippen LogP contribution < -0.4 is 0 Å². The number of carboxylic acids is 1. The highest BCUT2D eigenvalue weighted by Gasteiger charge is 2.43. The van der Waals surface area contributed by atoms with Crippen LogP contribution in [0.4, 0.5) is 0 Å². The van der Waals surface area contributed by atoms with Crippen molar-refractivity contribution in [2.24, 2.45) is 5.92 Å². The second-order valence-electron chi connectivity index (χ2n) is 6.00. The number of carbonyl (C=O) groups excluding carboxylic acids is 1. The van der Waals surface area contributed by atoms with Crippen LogP contribution in [0, 0.1) is 5.92 Å². The summed E-state index contributed by atoms with van der Waals surface area (Å²) in [5.74, 6) is -0.659. The van der Waals surface area contributed by atoms with Gasteiger partial charge in [-0.2, -0.15) is 0 Å². The van der Waals surface area contributed by atoms with Crippen LogP contribution in [-0.4, -0.2) is 43.9 Å². The van der Waals surface area contributed by atoms with Crippen molar-refractivity contribution in [1.82, 2.24) is 14.9 Å². The largest absolute Gasteiger partial charge is 0.476 e. The number of hydrogen-bond donors (Lipinski definition) is 1. The van der Waals surface area contributed by atoms with Gasteiger partial charge in [-0.25, -0.2) is 14.8 Å². The van der Waals surface area contributed by atoms with E-state index in [0.717, 1.165) is 19.0 Å². The minimum absolute atomic E-state index is 0.124. The Kier molecular flexibility index (Phi) is 3.61. The van der Waals surface area contributed by atoms with Crippen LogP contribution in [-0.2, 0) is 0 Å². The zero-order chi connectivity index (χ0) is 15.0. The third kappa shape index (κ3) is 2.50. The Bertz CT molecular complexity index is 558. The number of aromatic nitrogens is 2. The Hall–Kier alpha value is -1.98. The van der Waals surface area contributed by atoms with Gasteiger partial charge in [0.25, 0.3) is 5.91 Å². The topological polar surface area (TPSA) is 83.4 Å². The summed E-state index contributed by atoms with van der Waals surface area (Å²) in [6, 6.07) is 0.522. The fourth-order valence-electron chi connectivity index (χ4n) is 3.74. The predicted octanol–water partition coefficient (Wildman–Crippen LogP) is 1.97. The molecule has 1 saturated heterocycles. The fraction of sp³-hybridized carbons (Fsp3) is 0.600. The van der Waals surface area contributed by atoms with Crippen LogP contribution in [0.15, 0.2) is 12.4 Å². The van der Waals surface area contributed by atoms with Gasteiger partial charge in [0.1, 0.15) is 5.69 Å². The zero-order valence-electron chi connectivity index (χ0n) is 12.0. The summed E-state index contributed by atoms with van der Waals surface area (Å²) >= 11 is 0. The van der Waals surface area contributed by atoms with Crippen molar-refractivity contribution in [3.8, 4) is 0 Å². The van der Waals surface area contributed by atoms with Gasteiger partial charge < -0.3 is 10.0 Å². The normalized spacial score (nSPS) is 28.2. The van der Waals surface area contributed by atoms with Crippen molar-refractivity contribution in [3.05, 3.63) is 23.8 Å². The van der Waals surface area contributed by atoms with E-state index in [0.29, 0.717) is 12.0 Å². The average molecular weight is 289 g/mol. The molecule has 1 aliphatic carbocycles.